The minimum atomic E-state index is -4.58. The first-order valence-corrected chi connectivity index (χ1v) is 4.90. The SMILES string of the molecule is CC1(O)CCCN(CC(O)C(F)(F)F)C1. The lowest BCUT2D eigenvalue weighted by molar-refractivity contribution is -0.210. The number of aliphatic hydroxyl groups is 2. The van der Waals surface area contributed by atoms with Crippen molar-refractivity contribution in [1.29, 1.82) is 0 Å². The molecule has 0 radical (unpaired) electrons. The van der Waals surface area contributed by atoms with Crippen molar-refractivity contribution >= 4 is 0 Å². The average molecular weight is 227 g/mol. The van der Waals surface area contributed by atoms with Gasteiger partial charge in [-0.05, 0) is 26.3 Å². The third kappa shape index (κ3) is 3.96. The standard InChI is InChI=1S/C9H16F3NO2/c1-8(15)3-2-4-13(6-8)5-7(14)9(10,11)12/h7,14-15H,2-6H2,1H3. The van der Waals surface area contributed by atoms with Crippen molar-refractivity contribution in [2.75, 3.05) is 19.6 Å². The van der Waals surface area contributed by atoms with Gasteiger partial charge in [0, 0.05) is 13.1 Å². The number of piperidine rings is 1. The lowest BCUT2D eigenvalue weighted by Crippen LogP contribution is -2.50. The summed E-state index contributed by atoms with van der Waals surface area (Å²) in [6.07, 6.45) is -5.67. The van der Waals surface area contributed by atoms with Crippen LogP contribution in [0.1, 0.15) is 19.8 Å². The molecule has 3 nitrogen and oxygen atoms in total. The first-order chi connectivity index (χ1) is 6.71. The minimum absolute atomic E-state index is 0.181. The third-order valence-electron chi connectivity index (χ3n) is 2.56. The minimum Gasteiger partial charge on any atom is -0.389 e. The van der Waals surface area contributed by atoms with Crippen molar-refractivity contribution in [3.05, 3.63) is 0 Å². The lowest BCUT2D eigenvalue weighted by Gasteiger charge is -2.37. The zero-order valence-corrected chi connectivity index (χ0v) is 8.59. The van der Waals surface area contributed by atoms with E-state index in [2.05, 4.69) is 0 Å². The van der Waals surface area contributed by atoms with E-state index in [1.807, 2.05) is 0 Å². The van der Waals surface area contributed by atoms with E-state index < -0.39 is 24.4 Å². The average Bonchev–Trinajstić information content (AvgIpc) is 2.00. The van der Waals surface area contributed by atoms with Gasteiger partial charge in [-0.2, -0.15) is 13.2 Å². The number of nitrogens with zero attached hydrogens (tertiary/aromatic N) is 1. The quantitative estimate of drug-likeness (QED) is 0.732. The van der Waals surface area contributed by atoms with Crippen LogP contribution in [-0.4, -0.2) is 52.6 Å². The molecule has 2 N–H and O–H groups in total. The Morgan fingerprint density at radius 1 is 1.47 bits per heavy atom. The molecule has 15 heavy (non-hydrogen) atoms. The van der Waals surface area contributed by atoms with Crippen LogP contribution in [0, 0.1) is 0 Å². The van der Waals surface area contributed by atoms with Gasteiger partial charge in [0.25, 0.3) is 0 Å². The lowest BCUT2D eigenvalue weighted by atomic mass is 9.95. The van der Waals surface area contributed by atoms with Crippen LogP contribution in [0.3, 0.4) is 0 Å². The maximum atomic E-state index is 12.1. The smallest absolute Gasteiger partial charge is 0.389 e. The fourth-order valence-electron chi connectivity index (χ4n) is 1.83. The molecule has 0 spiro atoms. The Labute approximate surface area is 86.5 Å². The molecule has 90 valence electrons. The summed E-state index contributed by atoms with van der Waals surface area (Å²) < 4.78 is 36.2. The van der Waals surface area contributed by atoms with Crippen LogP contribution in [0.4, 0.5) is 13.2 Å². The number of rotatable bonds is 2. The second-order valence-corrected chi connectivity index (χ2v) is 4.39. The van der Waals surface area contributed by atoms with Crippen molar-refractivity contribution in [2.24, 2.45) is 0 Å². The summed E-state index contributed by atoms with van der Waals surface area (Å²) in [5.74, 6) is 0. The molecule has 1 fully saturated rings. The zero-order chi connectivity index (χ0) is 11.7. The molecule has 1 aliphatic heterocycles. The van der Waals surface area contributed by atoms with E-state index in [0.717, 1.165) is 0 Å². The molecule has 1 heterocycles. The molecule has 2 atom stereocenters. The van der Waals surface area contributed by atoms with E-state index in [0.29, 0.717) is 19.4 Å². The summed E-state index contributed by atoms with van der Waals surface area (Å²) >= 11 is 0. The predicted molar refractivity (Wildman–Crippen MR) is 48.4 cm³/mol. The van der Waals surface area contributed by atoms with Gasteiger partial charge in [-0.3, -0.25) is 4.90 Å². The fourth-order valence-corrected chi connectivity index (χ4v) is 1.83. The van der Waals surface area contributed by atoms with Gasteiger partial charge in [-0.25, -0.2) is 0 Å². The molecular weight excluding hydrogens is 211 g/mol. The molecule has 0 amide bonds. The van der Waals surface area contributed by atoms with E-state index in [1.54, 1.807) is 6.92 Å². The molecule has 0 aromatic rings. The summed E-state index contributed by atoms with van der Waals surface area (Å²) in [5.41, 5.74) is -0.941. The molecule has 0 aliphatic carbocycles. The molecular formula is C9H16F3NO2. The van der Waals surface area contributed by atoms with Crippen LogP contribution >= 0.6 is 0 Å². The van der Waals surface area contributed by atoms with Crippen LogP contribution in [0.15, 0.2) is 0 Å². The van der Waals surface area contributed by atoms with E-state index >= 15 is 0 Å². The van der Waals surface area contributed by atoms with Crippen LogP contribution < -0.4 is 0 Å². The van der Waals surface area contributed by atoms with E-state index in [1.165, 1.54) is 4.90 Å². The number of hydrogen-bond donors (Lipinski definition) is 2. The number of alkyl halides is 3. The van der Waals surface area contributed by atoms with Crippen molar-refractivity contribution in [2.45, 2.75) is 37.6 Å². The highest BCUT2D eigenvalue weighted by atomic mass is 19.4. The number of likely N-dealkylation sites (tertiary alicyclic amines) is 1. The van der Waals surface area contributed by atoms with Gasteiger partial charge in [0.2, 0.25) is 0 Å². The monoisotopic (exact) mass is 227 g/mol. The molecule has 2 unspecified atom stereocenters. The van der Waals surface area contributed by atoms with Gasteiger partial charge in [0.05, 0.1) is 5.60 Å². The van der Waals surface area contributed by atoms with Crippen molar-refractivity contribution in [3.63, 3.8) is 0 Å². The van der Waals surface area contributed by atoms with Crippen LogP contribution in [0.2, 0.25) is 0 Å². The molecule has 0 bridgehead atoms. The molecule has 0 aromatic heterocycles. The number of β-amino-alcohol motifs (C(OH)–C–C–N with tert-alkyl or cyclic N) is 2. The van der Waals surface area contributed by atoms with Crippen molar-refractivity contribution in [3.8, 4) is 0 Å². The highest BCUT2D eigenvalue weighted by Gasteiger charge is 2.40. The van der Waals surface area contributed by atoms with Gasteiger partial charge in [0.1, 0.15) is 0 Å². The van der Waals surface area contributed by atoms with Gasteiger partial charge >= 0.3 is 6.18 Å². The summed E-state index contributed by atoms with van der Waals surface area (Å²) in [4.78, 5) is 1.45. The largest absolute Gasteiger partial charge is 0.415 e. The molecule has 1 rings (SSSR count). The summed E-state index contributed by atoms with van der Waals surface area (Å²) in [6.45, 7) is 1.81. The Morgan fingerprint density at radius 2 is 2.07 bits per heavy atom. The molecule has 6 heteroatoms. The first kappa shape index (κ1) is 12.7. The zero-order valence-electron chi connectivity index (χ0n) is 8.59. The van der Waals surface area contributed by atoms with Gasteiger partial charge in [0.15, 0.2) is 6.10 Å². The van der Waals surface area contributed by atoms with Gasteiger partial charge in [-0.1, -0.05) is 0 Å². The summed E-state index contributed by atoms with van der Waals surface area (Å²) in [5, 5.41) is 18.5. The second kappa shape index (κ2) is 4.27. The van der Waals surface area contributed by atoms with Gasteiger partial charge < -0.3 is 10.2 Å². The predicted octanol–water partition coefficient (Wildman–Crippen LogP) is 0.756. The Kier molecular flexibility index (Phi) is 3.63. The second-order valence-electron chi connectivity index (χ2n) is 4.39. The Morgan fingerprint density at radius 3 is 2.53 bits per heavy atom. The van der Waals surface area contributed by atoms with Crippen molar-refractivity contribution < 1.29 is 23.4 Å². The summed E-state index contributed by atoms with van der Waals surface area (Å²) in [7, 11) is 0. The number of hydrogen-bond acceptors (Lipinski definition) is 3. The highest BCUT2D eigenvalue weighted by molar-refractivity contribution is 4.84. The highest BCUT2D eigenvalue weighted by Crippen LogP contribution is 2.24. The topological polar surface area (TPSA) is 43.7 Å². The Hall–Kier alpha value is -0.330. The van der Waals surface area contributed by atoms with E-state index in [9.17, 15) is 18.3 Å². The normalized spacial score (nSPS) is 31.6. The van der Waals surface area contributed by atoms with Gasteiger partial charge in [-0.15, -0.1) is 0 Å². The molecule has 0 saturated carbocycles. The van der Waals surface area contributed by atoms with Crippen LogP contribution in [-0.2, 0) is 0 Å². The van der Waals surface area contributed by atoms with E-state index in [-0.39, 0.29) is 6.54 Å². The van der Waals surface area contributed by atoms with Crippen molar-refractivity contribution in [1.82, 2.24) is 4.90 Å². The first-order valence-electron chi connectivity index (χ1n) is 4.90. The third-order valence-corrected chi connectivity index (χ3v) is 2.56. The van der Waals surface area contributed by atoms with Crippen LogP contribution in [0.25, 0.3) is 0 Å². The maximum absolute atomic E-state index is 12.1. The number of aliphatic hydroxyl groups excluding tert-OH is 1. The molecule has 1 saturated heterocycles. The molecule has 1 aliphatic rings. The maximum Gasteiger partial charge on any atom is 0.415 e. The van der Waals surface area contributed by atoms with E-state index in [4.69, 9.17) is 5.11 Å². The number of halogens is 3. The summed E-state index contributed by atoms with van der Waals surface area (Å²) in [6, 6.07) is 0. The Bertz CT molecular complexity index is 218. The van der Waals surface area contributed by atoms with Crippen LogP contribution in [0.5, 0.6) is 0 Å². The Balaban J connectivity index is 2.45. The molecule has 0 aromatic carbocycles. The fraction of sp³-hybridized carbons (Fsp3) is 1.00.